The lowest BCUT2D eigenvalue weighted by Gasteiger charge is -2.09. The zero-order chi connectivity index (χ0) is 13.2. The molecule has 3 nitrogen and oxygen atoms in total. The van der Waals surface area contributed by atoms with Gasteiger partial charge in [0.1, 0.15) is 5.15 Å². The van der Waals surface area contributed by atoms with E-state index in [0.717, 1.165) is 22.8 Å². The molecule has 0 atom stereocenters. The van der Waals surface area contributed by atoms with Gasteiger partial charge in [0.2, 0.25) is 0 Å². The summed E-state index contributed by atoms with van der Waals surface area (Å²) in [5.74, 6) is 0. The van der Waals surface area contributed by atoms with Crippen molar-refractivity contribution in [3.63, 3.8) is 0 Å². The molecule has 0 amide bonds. The number of hydrogen-bond acceptors (Lipinski definition) is 3. The molecule has 0 N–H and O–H groups in total. The number of carbonyl (C=O) groups excluding carboxylic acids is 1. The quantitative estimate of drug-likeness (QED) is 0.525. The number of pyridine rings is 2. The molecule has 0 spiro atoms. The number of halogens is 1. The predicted molar refractivity (Wildman–Crippen MR) is 75.4 cm³/mol. The number of aromatic nitrogens is 2. The highest BCUT2D eigenvalue weighted by Crippen LogP contribution is 2.32. The van der Waals surface area contributed by atoms with Crippen LogP contribution in [-0.4, -0.2) is 16.3 Å². The van der Waals surface area contributed by atoms with Crippen molar-refractivity contribution in [3.05, 3.63) is 59.4 Å². The molecular formula is C15H9ClN2O. The Morgan fingerprint density at radius 1 is 1.05 bits per heavy atom. The summed E-state index contributed by atoms with van der Waals surface area (Å²) < 4.78 is 0. The summed E-state index contributed by atoms with van der Waals surface area (Å²) in [7, 11) is 0. The smallest absolute Gasteiger partial charge is 0.153 e. The molecule has 0 fully saturated rings. The maximum absolute atomic E-state index is 11.3. The van der Waals surface area contributed by atoms with Crippen LogP contribution in [0.4, 0.5) is 0 Å². The van der Waals surface area contributed by atoms with Gasteiger partial charge in [0.05, 0.1) is 16.8 Å². The minimum atomic E-state index is 0.203. The molecule has 0 unspecified atom stereocenters. The highest BCUT2D eigenvalue weighted by atomic mass is 35.5. The lowest BCUT2D eigenvalue weighted by molar-refractivity contribution is 0.112. The van der Waals surface area contributed by atoms with E-state index in [1.165, 1.54) is 0 Å². The summed E-state index contributed by atoms with van der Waals surface area (Å²) in [6.45, 7) is 0. The van der Waals surface area contributed by atoms with Crippen molar-refractivity contribution < 1.29 is 4.79 Å². The van der Waals surface area contributed by atoms with Crippen LogP contribution in [0.3, 0.4) is 0 Å². The van der Waals surface area contributed by atoms with Crippen LogP contribution in [0.2, 0.25) is 5.15 Å². The van der Waals surface area contributed by atoms with Crippen molar-refractivity contribution in [3.8, 4) is 11.3 Å². The van der Waals surface area contributed by atoms with Crippen LogP contribution < -0.4 is 0 Å². The molecule has 0 bridgehead atoms. The van der Waals surface area contributed by atoms with Gasteiger partial charge in [-0.1, -0.05) is 35.9 Å². The van der Waals surface area contributed by atoms with Crippen LogP contribution in [0.5, 0.6) is 0 Å². The van der Waals surface area contributed by atoms with E-state index in [0.29, 0.717) is 11.3 Å². The summed E-state index contributed by atoms with van der Waals surface area (Å²) in [6, 6.07) is 13.1. The zero-order valence-electron chi connectivity index (χ0n) is 9.88. The molecule has 19 heavy (non-hydrogen) atoms. The highest BCUT2D eigenvalue weighted by Gasteiger charge is 2.15. The summed E-state index contributed by atoms with van der Waals surface area (Å²) >= 11 is 6.09. The second-order valence-electron chi connectivity index (χ2n) is 4.04. The summed E-state index contributed by atoms with van der Waals surface area (Å²) in [5.41, 5.74) is 2.56. The molecule has 0 aliphatic rings. The summed E-state index contributed by atoms with van der Waals surface area (Å²) in [4.78, 5) is 19.9. The van der Waals surface area contributed by atoms with Crippen molar-refractivity contribution >= 4 is 28.8 Å². The van der Waals surface area contributed by atoms with Gasteiger partial charge in [0, 0.05) is 17.1 Å². The largest absolute Gasteiger partial charge is 0.298 e. The molecule has 92 valence electrons. The Morgan fingerprint density at radius 2 is 1.84 bits per heavy atom. The maximum atomic E-state index is 11.3. The molecular weight excluding hydrogens is 260 g/mol. The zero-order valence-corrected chi connectivity index (χ0v) is 10.6. The monoisotopic (exact) mass is 268 g/mol. The van der Waals surface area contributed by atoms with E-state index in [1.807, 2.05) is 42.5 Å². The molecule has 0 aliphatic carbocycles. The maximum Gasteiger partial charge on any atom is 0.153 e. The Labute approximate surface area is 114 Å². The first-order valence-electron chi connectivity index (χ1n) is 5.76. The number of carbonyl (C=O) groups is 1. The molecule has 0 aliphatic heterocycles. The van der Waals surface area contributed by atoms with Gasteiger partial charge in [-0.05, 0) is 18.2 Å². The third kappa shape index (κ3) is 1.98. The van der Waals surface area contributed by atoms with Crippen molar-refractivity contribution in [2.45, 2.75) is 0 Å². The Morgan fingerprint density at radius 3 is 2.58 bits per heavy atom. The SMILES string of the molecule is O=Cc1c(Cl)nc2ccccc2c1-c1ccccn1. The fourth-order valence-corrected chi connectivity index (χ4v) is 2.32. The molecule has 4 heteroatoms. The number of hydrogen-bond donors (Lipinski definition) is 0. The van der Waals surface area contributed by atoms with Crippen molar-refractivity contribution in [2.24, 2.45) is 0 Å². The number of rotatable bonds is 2. The Hall–Kier alpha value is -2.26. The van der Waals surface area contributed by atoms with Gasteiger partial charge >= 0.3 is 0 Å². The first-order valence-corrected chi connectivity index (χ1v) is 6.14. The summed E-state index contributed by atoms with van der Waals surface area (Å²) in [5, 5.41) is 1.07. The van der Waals surface area contributed by atoms with Crippen molar-refractivity contribution in [1.29, 1.82) is 0 Å². The number of benzene rings is 1. The van der Waals surface area contributed by atoms with E-state index >= 15 is 0 Å². The third-order valence-corrected chi connectivity index (χ3v) is 3.21. The van der Waals surface area contributed by atoms with Crippen LogP contribution in [0, 0.1) is 0 Å². The second-order valence-corrected chi connectivity index (χ2v) is 4.40. The van der Waals surface area contributed by atoms with Gasteiger partial charge in [0.25, 0.3) is 0 Å². The molecule has 1 aromatic carbocycles. The lowest BCUT2D eigenvalue weighted by atomic mass is 10.0. The first kappa shape index (κ1) is 11.8. The van der Waals surface area contributed by atoms with Crippen LogP contribution in [0.25, 0.3) is 22.2 Å². The third-order valence-electron chi connectivity index (χ3n) is 2.92. The molecule has 0 saturated heterocycles. The molecule has 0 radical (unpaired) electrons. The Balaban J connectivity index is 2.47. The number of nitrogens with zero attached hydrogens (tertiary/aromatic N) is 2. The fourth-order valence-electron chi connectivity index (χ4n) is 2.09. The van der Waals surface area contributed by atoms with E-state index in [9.17, 15) is 4.79 Å². The molecule has 3 aromatic rings. The van der Waals surface area contributed by atoms with Gasteiger partial charge in [-0.3, -0.25) is 9.78 Å². The summed E-state index contributed by atoms with van der Waals surface area (Å²) in [6.07, 6.45) is 2.42. The van der Waals surface area contributed by atoms with E-state index in [-0.39, 0.29) is 5.15 Å². The standard InChI is InChI=1S/C15H9ClN2O/c16-15-11(9-19)14(13-7-3-4-8-17-13)10-5-1-2-6-12(10)18-15/h1-9H. The van der Waals surface area contributed by atoms with E-state index in [4.69, 9.17) is 11.6 Å². The van der Waals surface area contributed by atoms with Crippen LogP contribution >= 0.6 is 11.6 Å². The fraction of sp³-hybridized carbons (Fsp3) is 0. The van der Waals surface area contributed by atoms with Gasteiger partial charge in [-0.15, -0.1) is 0 Å². The van der Waals surface area contributed by atoms with Crippen LogP contribution in [0.15, 0.2) is 48.7 Å². The molecule has 2 heterocycles. The Kier molecular flexibility index (Phi) is 2.97. The van der Waals surface area contributed by atoms with E-state index < -0.39 is 0 Å². The van der Waals surface area contributed by atoms with Gasteiger partial charge in [-0.2, -0.15) is 0 Å². The minimum absolute atomic E-state index is 0.203. The van der Waals surface area contributed by atoms with E-state index in [2.05, 4.69) is 9.97 Å². The van der Waals surface area contributed by atoms with Crippen molar-refractivity contribution in [1.82, 2.24) is 9.97 Å². The first-order chi connectivity index (χ1) is 9.31. The molecule has 3 rings (SSSR count). The topological polar surface area (TPSA) is 42.9 Å². The average Bonchev–Trinajstić information content (AvgIpc) is 2.46. The minimum Gasteiger partial charge on any atom is -0.298 e. The number of para-hydroxylation sites is 1. The second kappa shape index (κ2) is 4.78. The Bertz CT molecular complexity index is 757. The van der Waals surface area contributed by atoms with E-state index in [1.54, 1.807) is 6.20 Å². The van der Waals surface area contributed by atoms with Gasteiger partial charge in [-0.25, -0.2) is 4.98 Å². The molecule has 0 saturated carbocycles. The number of aldehydes is 1. The van der Waals surface area contributed by atoms with Crippen LogP contribution in [-0.2, 0) is 0 Å². The van der Waals surface area contributed by atoms with Gasteiger partial charge < -0.3 is 0 Å². The van der Waals surface area contributed by atoms with Crippen molar-refractivity contribution in [2.75, 3.05) is 0 Å². The normalized spacial score (nSPS) is 10.6. The highest BCUT2D eigenvalue weighted by molar-refractivity contribution is 6.33. The van der Waals surface area contributed by atoms with Crippen LogP contribution in [0.1, 0.15) is 10.4 Å². The average molecular weight is 269 g/mol. The predicted octanol–water partition coefficient (Wildman–Crippen LogP) is 3.76. The number of fused-ring (bicyclic) bond motifs is 1. The molecule has 2 aromatic heterocycles. The lowest BCUT2D eigenvalue weighted by Crippen LogP contribution is -1.96. The van der Waals surface area contributed by atoms with Gasteiger partial charge in [0.15, 0.2) is 6.29 Å².